The third kappa shape index (κ3) is 3.56. The molecule has 1 unspecified atom stereocenters. The van der Waals surface area contributed by atoms with Crippen molar-refractivity contribution in [1.29, 1.82) is 0 Å². The number of aromatic nitrogens is 1. The Labute approximate surface area is 112 Å². The fourth-order valence-corrected chi connectivity index (χ4v) is 2.22. The van der Waals surface area contributed by atoms with Gasteiger partial charge in [-0.2, -0.15) is 0 Å². The number of rotatable bonds is 4. The van der Waals surface area contributed by atoms with Gasteiger partial charge in [-0.25, -0.2) is 0 Å². The summed E-state index contributed by atoms with van der Waals surface area (Å²) in [6.45, 7) is 2.00. The fraction of sp³-hybridized carbons (Fsp3) is 0.267. The number of hydrogen-bond donors (Lipinski definition) is 1. The highest BCUT2D eigenvalue weighted by molar-refractivity contribution is 6.31. The number of aliphatic hydroxyl groups is 1. The van der Waals surface area contributed by atoms with Crippen LogP contribution in [0.5, 0.6) is 0 Å². The maximum Gasteiger partial charge on any atom is 0.0636 e. The quantitative estimate of drug-likeness (QED) is 0.917. The number of aryl methyl sites for hydroxylation is 1. The van der Waals surface area contributed by atoms with Gasteiger partial charge in [0.1, 0.15) is 0 Å². The van der Waals surface area contributed by atoms with Crippen molar-refractivity contribution in [2.45, 2.75) is 25.9 Å². The van der Waals surface area contributed by atoms with Gasteiger partial charge in [-0.1, -0.05) is 29.8 Å². The molecule has 0 aliphatic heterocycles. The van der Waals surface area contributed by atoms with Crippen LogP contribution in [0.15, 0.2) is 42.6 Å². The number of benzene rings is 1. The molecule has 0 amide bonds. The highest BCUT2D eigenvalue weighted by Gasteiger charge is 2.10. The van der Waals surface area contributed by atoms with Crippen molar-refractivity contribution in [3.05, 3.63) is 64.4 Å². The molecule has 0 aliphatic rings. The van der Waals surface area contributed by atoms with E-state index in [0.29, 0.717) is 12.8 Å². The second kappa shape index (κ2) is 5.98. The molecule has 0 spiro atoms. The molecule has 0 aliphatic carbocycles. The van der Waals surface area contributed by atoms with Crippen molar-refractivity contribution in [2.24, 2.45) is 0 Å². The van der Waals surface area contributed by atoms with Gasteiger partial charge < -0.3 is 5.11 Å². The van der Waals surface area contributed by atoms with Crippen molar-refractivity contribution < 1.29 is 5.11 Å². The molecule has 2 aromatic rings. The summed E-state index contributed by atoms with van der Waals surface area (Å²) < 4.78 is 0. The molecule has 1 atom stereocenters. The first-order valence-electron chi connectivity index (χ1n) is 5.98. The molecule has 0 fully saturated rings. The molecular formula is C15H16ClNO. The largest absolute Gasteiger partial charge is 0.392 e. The first-order chi connectivity index (χ1) is 8.65. The van der Waals surface area contributed by atoms with Crippen LogP contribution in [-0.2, 0) is 12.8 Å². The Hall–Kier alpha value is -1.38. The Morgan fingerprint density at radius 3 is 2.72 bits per heavy atom. The third-order valence-corrected chi connectivity index (χ3v) is 3.19. The van der Waals surface area contributed by atoms with Gasteiger partial charge in [0.15, 0.2) is 0 Å². The third-order valence-electron chi connectivity index (χ3n) is 2.84. The van der Waals surface area contributed by atoms with E-state index in [9.17, 15) is 5.11 Å². The molecule has 0 saturated carbocycles. The highest BCUT2D eigenvalue weighted by Crippen LogP contribution is 2.19. The molecule has 1 heterocycles. The lowest BCUT2D eigenvalue weighted by Crippen LogP contribution is -2.15. The zero-order valence-corrected chi connectivity index (χ0v) is 11.1. The van der Waals surface area contributed by atoms with E-state index in [1.165, 1.54) is 0 Å². The Morgan fingerprint density at radius 1 is 1.22 bits per heavy atom. The minimum absolute atomic E-state index is 0.458. The Kier molecular flexibility index (Phi) is 4.34. The normalized spacial score (nSPS) is 12.4. The topological polar surface area (TPSA) is 33.1 Å². The van der Waals surface area contributed by atoms with Crippen molar-refractivity contribution in [3.8, 4) is 0 Å². The summed E-state index contributed by atoms with van der Waals surface area (Å²) in [5.74, 6) is 0. The summed E-state index contributed by atoms with van der Waals surface area (Å²) in [6.07, 6.45) is 2.38. The second-order valence-corrected chi connectivity index (χ2v) is 4.89. The van der Waals surface area contributed by atoms with Crippen LogP contribution in [0.25, 0.3) is 0 Å². The van der Waals surface area contributed by atoms with E-state index in [2.05, 4.69) is 4.98 Å². The van der Waals surface area contributed by atoms with E-state index in [1.807, 2.05) is 43.3 Å². The van der Waals surface area contributed by atoms with Crippen molar-refractivity contribution in [1.82, 2.24) is 4.98 Å². The summed E-state index contributed by atoms with van der Waals surface area (Å²) >= 11 is 6.15. The standard InChI is InChI=1S/C15H16ClNO/c1-11-5-6-12(15(16)8-11)9-14(18)10-13-4-2-3-7-17-13/h2-8,14,18H,9-10H2,1H3. The van der Waals surface area contributed by atoms with Gasteiger partial charge in [0.2, 0.25) is 0 Å². The van der Waals surface area contributed by atoms with Crippen molar-refractivity contribution >= 4 is 11.6 Å². The van der Waals surface area contributed by atoms with Crippen LogP contribution in [0.3, 0.4) is 0 Å². The molecule has 18 heavy (non-hydrogen) atoms. The van der Waals surface area contributed by atoms with Gasteiger partial charge in [-0.05, 0) is 36.2 Å². The van der Waals surface area contributed by atoms with E-state index >= 15 is 0 Å². The summed E-state index contributed by atoms with van der Waals surface area (Å²) in [4.78, 5) is 4.20. The summed E-state index contributed by atoms with van der Waals surface area (Å²) in [5, 5.41) is 10.8. The molecule has 94 valence electrons. The number of nitrogens with zero attached hydrogens (tertiary/aromatic N) is 1. The van der Waals surface area contributed by atoms with Gasteiger partial charge in [-0.3, -0.25) is 4.98 Å². The molecule has 2 rings (SSSR count). The number of aliphatic hydroxyl groups excluding tert-OH is 1. The SMILES string of the molecule is Cc1ccc(CC(O)Cc2ccccn2)c(Cl)c1. The molecule has 1 aromatic heterocycles. The molecule has 2 nitrogen and oxygen atoms in total. The van der Waals surface area contributed by atoms with Crippen LogP contribution in [0.1, 0.15) is 16.8 Å². The molecule has 0 bridgehead atoms. The predicted molar refractivity (Wildman–Crippen MR) is 73.8 cm³/mol. The first-order valence-corrected chi connectivity index (χ1v) is 6.36. The van der Waals surface area contributed by atoms with E-state index in [0.717, 1.165) is 21.8 Å². The molecule has 0 radical (unpaired) electrons. The summed E-state index contributed by atoms with van der Waals surface area (Å²) in [5.41, 5.74) is 3.00. The molecule has 0 saturated heterocycles. The van der Waals surface area contributed by atoms with E-state index in [4.69, 9.17) is 11.6 Å². The highest BCUT2D eigenvalue weighted by atomic mass is 35.5. The van der Waals surface area contributed by atoms with Gasteiger partial charge in [0.05, 0.1) is 6.10 Å². The van der Waals surface area contributed by atoms with Gasteiger partial charge in [0, 0.05) is 29.8 Å². The number of pyridine rings is 1. The minimum Gasteiger partial charge on any atom is -0.392 e. The smallest absolute Gasteiger partial charge is 0.0636 e. The van der Waals surface area contributed by atoms with Gasteiger partial charge >= 0.3 is 0 Å². The summed E-state index contributed by atoms with van der Waals surface area (Å²) in [6, 6.07) is 11.6. The average molecular weight is 262 g/mol. The van der Waals surface area contributed by atoms with Gasteiger partial charge in [-0.15, -0.1) is 0 Å². The maximum absolute atomic E-state index is 10.1. The average Bonchev–Trinajstić information content (AvgIpc) is 2.34. The summed E-state index contributed by atoms with van der Waals surface area (Å²) in [7, 11) is 0. The first kappa shape index (κ1) is 13.1. The molecule has 3 heteroatoms. The molecular weight excluding hydrogens is 246 g/mol. The van der Waals surface area contributed by atoms with Crippen LogP contribution >= 0.6 is 11.6 Å². The zero-order chi connectivity index (χ0) is 13.0. The second-order valence-electron chi connectivity index (χ2n) is 4.48. The van der Waals surface area contributed by atoms with Crippen LogP contribution < -0.4 is 0 Å². The number of hydrogen-bond acceptors (Lipinski definition) is 2. The lowest BCUT2D eigenvalue weighted by molar-refractivity contribution is 0.174. The van der Waals surface area contributed by atoms with E-state index < -0.39 is 6.10 Å². The predicted octanol–water partition coefficient (Wildman–Crippen LogP) is 3.19. The number of halogens is 1. The van der Waals surface area contributed by atoms with Crippen LogP contribution in [0, 0.1) is 6.92 Å². The minimum atomic E-state index is -0.458. The maximum atomic E-state index is 10.1. The van der Waals surface area contributed by atoms with Gasteiger partial charge in [0.25, 0.3) is 0 Å². The van der Waals surface area contributed by atoms with E-state index in [1.54, 1.807) is 6.20 Å². The van der Waals surface area contributed by atoms with E-state index in [-0.39, 0.29) is 0 Å². The lowest BCUT2D eigenvalue weighted by atomic mass is 10.0. The monoisotopic (exact) mass is 261 g/mol. The lowest BCUT2D eigenvalue weighted by Gasteiger charge is -2.11. The van der Waals surface area contributed by atoms with Crippen LogP contribution in [0.2, 0.25) is 5.02 Å². The fourth-order valence-electron chi connectivity index (χ4n) is 1.90. The Balaban J connectivity index is 2.01. The molecule has 1 aromatic carbocycles. The Bertz CT molecular complexity index is 513. The molecule has 1 N–H and O–H groups in total. The van der Waals surface area contributed by atoms with Crippen LogP contribution in [0.4, 0.5) is 0 Å². The van der Waals surface area contributed by atoms with Crippen molar-refractivity contribution in [2.75, 3.05) is 0 Å². The van der Waals surface area contributed by atoms with Crippen molar-refractivity contribution in [3.63, 3.8) is 0 Å². The van der Waals surface area contributed by atoms with Crippen LogP contribution in [-0.4, -0.2) is 16.2 Å². The zero-order valence-electron chi connectivity index (χ0n) is 10.3. The Morgan fingerprint density at radius 2 is 2.06 bits per heavy atom.